The van der Waals surface area contributed by atoms with Crippen LogP contribution in [0, 0.1) is 6.92 Å². The van der Waals surface area contributed by atoms with Crippen LogP contribution < -0.4 is 5.32 Å². The summed E-state index contributed by atoms with van der Waals surface area (Å²) in [6.45, 7) is 10.4. The molecule has 0 radical (unpaired) electrons. The number of ether oxygens (including phenoxy) is 1. The van der Waals surface area contributed by atoms with Crippen LogP contribution >= 0.6 is 0 Å². The van der Waals surface area contributed by atoms with E-state index < -0.39 is 0 Å². The summed E-state index contributed by atoms with van der Waals surface area (Å²) in [4.78, 5) is 9.92. The van der Waals surface area contributed by atoms with Gasteiger partial charge in [0.15, 0.2) is 11.8 Å². The lowest BCUT2D eigenvalue weighted by atomic mass is 10.0. The monoisotopic (exact) mass is 439 g/mol. The first kappa shape index (κ1) is 22.7. The Kier molecular flexibility index (Phi) is 7.76. The van der Waals surface area contributed by atoms with Crippen LogP contribution in [0.4, 0.5) is 0 Å². The maximum Gasteiger partial charge on any atom is 0.194 e. The summed E-state index contributed by atoms with van der Waals surface area (Å²) in [7, 11) is 1.99. The number of aliphatic imine (C=N–C) groups is 1. The fourth-order valence-electron chi connectivity index (χ4n) is 4.64. The first-order valence-electron chi connectivity index (χ1n) is 11.9. The number of piperazine rings is 1. The van der Waals surface area contributed by atoms with E-state index in [2.05, 4.69) is 62.6 Å². The van der Waals surface area contributed by atoms with Crippen LogP contribution in [0.2, 0.25) is 0 Å². The summed E-state index contributed by atoms with van der Waals surface area (Å²) < 4.78 is 7.82. The predicted molar refractivity (Wildman–Crippen MR) is 126 cm³/mol. The molecule has 174 valence electrons. The number of aromatic nitrogens is 3. The number of hydrogen-bond donors (Lipinski definition) is 1. The highest BCUT2D eigenvalue weighted by atomic mass is 16.5. The summed E-state index contributed by atoms with van der Waals surface area (Å²) in [6, 6.07) is 11.3. The lowest BCUT2D eigenvalue weighted by Gasteiger charge is -2.40. The van der Waals surface area contributed by atoms with Crippen LogP contribution in [0.25, 0.3) is 0 Å². The second-order valence-corrected chi connectivity index (χ2v) is 8.74. The topological polar surface area (TPSA) is 70.8 Å². The Morgan fingerprint density at radius 3 is 2.59 bits per heavy atom. The molecule has 2 aliphatic rings. The molecule has 1 aromatic heterocycles. The molecule has 0 aliphatic carbocycles. The molecule has 1 aromatic carbocycles. The third kappa shape index (κ3) is 5.48. The lowest BCUT2D eigenvalue weighted by Crippen LogP contribution is -2.53. The second kappa shape index (κ2) is 10.9. The Morgan fingerprint density at radius 2 is 1.97 bits per heavy atom. The Hall–Kier alpha value is -2.45. The average Bonchev–Trinajstić information content (AvgIpc) is 3.46. The summed E-state index contributed by atoms with van der Waals surface area (Å²) in [5.41, 5.74) is 1.41. The molecular weight excluding hydrogens is 402 g/mol. The van der Waals surface area contributed by atoms with Gasteiger partial charge in [0, 0.05) is 52.4 Å². The van der Waals surface area contributed by atoms with E-state index in [4.69, 9.17) is 9.73 Å². The van der Waals surface area contributed by atoms with E-state index in [1.165, 1.54) is 5.56 Å². The van der Waals surface area contributed by atoms with Gasteiger partial charge in [-0.05, 0) is 31.7 Å². The summed E-state index contributed by atoms with van der Waals surface area (Å²) >= 11 is 0. The predicted octanol–water partition coefficient (Wildman–Crippen LogP) is 2.52. The van der Waals surface area contributed by atoms with Gasteiger partial charge in [0.25, 0.3) is 0 Å². The summed E-state index contributed by atoms with van der Waals surface area (Å²) in [5, 5.41) is 12.0. The number of rotatable bonds is 7. The number of hydrogen-bond acceptors (Lipinski definition) is 5. The minimum Gasteiger partial charge on any atom is -0.376 e. The fourth-order valence-corrected chi connectivity index (χ4v) is 4.64. The number of aryl methyl sites for hydroxylation is 1. The molecule has 4 rings (SSSR count). The second-order valence-electron chi connectivity index (χ2n) is 8.74. The Morgan fingerprint density at radius 1 is 1.19 bits per heavy atom. The smallest absolute Gasteiger partial charge is 0.194 e. The largest absolute Gasteiger partial charge is 0.376 e. The fraction of sp³-hybridized carbons (Fsp3) is 0.625. The van der Waals surface area contributed by atoms with Gasteiger partial charge in [0.2, 0.25) is 0 Å². The minimum atomic E-state index is 0.279. The first-order valence-corrected chi connectivity index (χ1v) is 11.9. The van der Waals surface area contributed by atoms with E-state index in [0.717, 1.165) is 76.2 Å². The van der Waals surface area contributed by atoms with E-state index >= 15 is 0 Å². The van der Waals surface area contributed by atoms with Crippen molar-refractivity contribution < 1.29 is 4.74 Å². The van der Waals surface area contributed by atoms with E-state index in [0.29, 0.717) is 12.6 Å². The number of benzene rings is 1. The molecule has 2 aromatic rings. The molecule has 0 spiro atoms. The maximum absolute atomic E-state index is 5.82. The van der Waals surface area contributed by atoms with Crippen LogP contribution in [-0.2, 0) is 18.3 Å². The standard InChI is InChI=1S/C24H37N7O/c1-4-22(20-9-6-5-7-10-20)30-12-14-31(15-13-30)24(25-17-21-11-8-16-32-21)26-18-23-28-27-19(2)29(23)3/h5-7,9-10,21-22H,4,8,11-18H2,1-3H3,(H,25,26). The first-order chi connectivity index (χ1) is 15.7. The van der Waals surface area contributed by atoms with E-state index in [1.807, 2.05) is 18.5 Å². The molecule has 0 amide bonds. The van der Waals surface area contributed by atoms with Gasteiger partial charge in [-0.2, -0.15) is 0 Å². The molecule has 2 saturated heterocycles. The third-order valence-corrected chi connectivity index (χ3v) is 6.69. The highest BCUT2D eigenvalue weighted by Gasteiger charge is 2.26. The quantitative estimate of drug-likeness (QED) is 0.528. The van der Waals surface area contributed by atoms with Crippen molar-refractivity contribution in [3.8, 4) is 0 Å². The van der Waals surface area contributed by atoms with Gasteiger partial charge in [-0.1, -0.05) is 37.3 Å². The number of guanidine groups is 1. The molecule has 2 atom stereocenters. The van der Waals surface area contributed by atoms with Crippen LogP contribution in [0.3, 0.4) is 0 Å². The molecule has 2 unspecified atom stereocenters. The van der Waals surface area contributed by atoms with Crippen LogP contribution in [0.5, 0.6) is 0 Å². The Bertz CT molecular complexity index is 868. The minimum absolute atomic E-state index is 0.279. The Labute approximate surface area is 191 Å². The van der Waals surface area contributed by atoms with E-state index in [9.17, 15) is 0 Å². The number of nitrogens with one attached hydrogen (secondary N) is 1. The van der Waals surface area contributed by atoms with Gasteiger partial charge in [-0.25, -0.2) is 4.99 Å². The van der Waals surface area contributed by atoms with Crippen molar-refractivity contribution in [2.45, 2.75) is 51.8 Å². The molecule has 8 nitrogen and oxygen atoms in total. The third-order valence-electron chi connectivity index (χ3n) is 6.69. The van der Waals surface area contributed by atoms with Crippen molar-refractivity contribution in [3.05, 3.63) is 47.5 Å². The van der Waals surface area contributed by atoms with Crippen LogP contribution in [0.15, 0.2) is 35.3 Å². The zero-order valence-electron chi connectivity index (χ0n) is 19.7. The number of nitrogens with zero attached hydrogens (tertiary/aromatic N) is 6. The maximum atomic E-state index is 5.82. The lowest BCUT2D eigenvalue weighted by molar-refractivity contribution is 0.109. The van der Waals surface area contributed by atoms with Crippen molar-refractivity contribution in [3.63, 3.8) is 0 Å². The normalized spacial score (nSPS) is 21.2. The molecule has 2 fully saturated rings. The van der Waals surface area contributed by atoms with Gasteiger partial charge in [-0.15, -0.1) is 10.2 Å². The van der Waals surface area contributed by atoms with Gasteiger partial charge in [0.1, 0.15) is 12.4 Å². The highest BCUT2D eigenvalue weighted by molar-refractivity contribution is 5.80. The molecule has 0 saturated carbocycles. The van der Waals surface area contributed by atoms with Crippen LogP contribution in [-0.4, -0.2) is 76.0 Å². The van der Waals surface area contributed by atoms with E-state index in [1.54, 1.807) is 0 Å². The molecule has 8 heteroatoms. The molecule has 32 heavy (non-hydrogen) atoms. The molecule has 0 bridgehead atoms. The Balaban J connectivity index is 1.41. The molecule has 3 heterocycles. The molecular formula is C24H37N7O. The summed E-state index contributed by atoms with van der Waals surface area (Å²) in [6.07, 6.45) is 3.66. The van der Waals surface area contributed by atoms with Crippen molar-refractivity contribution in [1.29, 1.82) is 0 Å². The van der Waals surface area contributed by atoms with Crippen molar-refractivity contribution in [2.75, 3.05) is 39.3 Å². The van der Waals surface area contributed by atoms with Crippen molar-refractivity contribution in [2.24, 2.45) is 12.0 Å². The highest BCUT2D eigenvalue weighted by Crippen LogP contribution is 2.25. The SMILES string of the molecule is CCC(c1ccccc1)N1CCN(C(=NCc2nnc(C)n2C)NCC2CCCO2)CC1. The molecule has 1 N–H and O–H groups in total. The zero-order chi connectivity index (χ0) is 22.3. The van der Waals surface area contributed by atoms with Crippen molar-refractivity contribution >= 4 is 5.96 Å². The van der Waals surface area contributed by atoms with Crippen LogP contribution in [0.1, 0.15) is 49.4 Å². The van der Waals surface area contributed by atoms with E-state index in [-0.39, 0.29) is 6.10 Å². The zero-order valence-corrected chi connectivity index (χ0v) is 19.7. The summed E-state index contributed by atoms with van der Waals surface area (Å²) in [5.74, 6) is 2.74. The van der Waals surface area contributed by atoms with Gasteiger partial charge >= 0.3 is 0 Å². The average molecular weight is 440 g/mol. The van der Waals surface area contributed by atoms with Gasteiger partial charge in [0.05, 0.1) is 6.10 Å². The molecule has 2 aliphatic heterocycles. The van der Waals surface area contributed by atoms with Crippen molar-refractivity contribution in [1.82, 2.24) is 29.9 Å². The van der Waals surface area contributed by atoms with Gasteiger partial charge in [-0.3, -0.25) is 4.90 Å². The van der Waals surface area contributed by atoms with Gasteiger partial charge < -0.3 is 19.5 Å².